The average Bonchev–Trinajstić information content (AvgIpc) is 3.10. The first-order chi connectivity index (χ1) is 8.88. The molecule has 0 spiro atoms. The molecule has 0 amide bonds. The number of nitrogens with two attached hydrogens (primary N) is 1. The molecule has 1 aliphatic rings. The molecule has 1 fully saturated rings. The third-order valence-corrected chi connectivity index (χ3v) is 3.32. The fourth-order valence-corrected chi connectivity index (χ4v) is 2.39. The van der Waals surface area contributed by atoms with E-state index in [9.17, 15) is 0 Å². The lowest BCUT2D eigenvalue weighted by molar-refractivity contribution is 0.579. The summed E-state index contributed by atoms with van der Waals surface area (Å²) in [5.41, 5.74) is 6.59. The summed E-state index contributed by atoms with van der Waals surface area (Å²) < 4.78 is 5.36. The van der Waals surface area contributed by atoms with Crippen LogP contribution in [0.5, 0.6) is 0 Å². The lowest BCUT2D eigenvalue weighted by Crippen LogP contribution is -2.36. The molecule has 2 N–H and O–H groups in total. The van der Waals surface area contributed by atoms with Crippen molar-refractivity contribution in [1.82, 2.24) is 9.97 Å². The summed E-state index contributed by atoms with van der Waals surface area (Å²) in [6, 6.07) is 5.97. The van der Waals surface area contributed by atoms with Gasteiger partial charge in [-0.2, -0.15) is 0 Å². The van der Waals surface area contributed by atoms with E-state index in [1.807, 2.05) is 18.2 Å². The van der Waals surface area contributed by atoms with Gasteiger partial charge < -0.3 is 15.1 Å². The monoisotopic (exact) mass is 244 g/mol. The number of hydrogen-bond donors (Lipinski definition) is 1. The molecule has 2 aromatic rings. The zero-order chi connectivity index (χ0) is 12.4. The van der Waals surface area contributed by atoms with Gasteiger partial charge in [0.25, 0.3) is 0 Å². The van der Waals surface area contributed by atoms with Crippen molar-refractivity contribution in [3.8, 4) is 11.5 Å². The van der Waals surface area contributed by atoms with E-state index in [-0.39, 0.29) is 0 Å². The Labute approximate surface area is 106 Å². The molecule has 5 nitrogen and oxygen atoms in total. The third kappa shape index (κ3) is 1.97. The van der Waals surface area contributed by atoms with E-state index in [0.717, 1.165) is 36.8 Å². The molecule has 94 valence electrons. The number of nitrogens with zero attached hydrogens (tertiary/aromatic N) is 3. The van der Waals surface area contributed by atoms with Crippen molar-refractivity contribution >= 4 is 5.95 Å². The van der Waals surface area contributed by atoms with Gasteiger partial charge in [0.05, 0.1) is 6.26 Å². The van der Waals surface area contributed by atoms with E-state index >= 15 is 0 Å². The highest BCUT2D eigenvalue weighted by atomic mass is 16.3. The Morgan fingerprint density at radius 2 is 2.39 bits per heavy atom. The molecule has 0 radical (unpaired) electrons. The van der Waals surface area contributed by atoms with Gasteiger partial charge in [0.1, 0.15) is 5.69 Å². The maximum absolute atomic E-state index is 5.78. The van der Waals surface area contributed by atoms with Crippen LogP contribution in [0.15, 0.2) is 35.1 Å². The topological polar surface area (TPSA) is 68.2 Å². The summed E-state index contributed by atoms with van der Waals surface area (Å²) in [6.07, 6.45) is 5.68. The standard InChI is InChI=1S/C13H16N4O/c14-9-10-3-1-7-17(10)13-15-6-5-11(16-13)12-4-2-8-18-12/h2,4-6,8,10H,1,3,7,9,14H2. The average molecular weight is 244 g/mol. The van der Waals surface area contributed by atoms with Crippen molar-refractivity contribution in [1.29, 1.82) is 0 Å². The van der Waals surface area contributed by atoms with E-state index < -0.39 is 0 Å². The molecule has 18 heavy (non-hydrogen) atoms. The Balaban J connectivity index is 1.91. The zero-order valence-corrected chi connectivity index (χ0v) is 10.1. The zero-order valence-electron chi connectivity index (χ0n) is 10.1. The summed E-state index contributed by atoms with van der Waals surface area (Å²) in [7, 11) is 0. The normalized spacial score (nSPS) is 19.4. The SMILES string of the molecule is NCC1CCCN1c1nccc(-c2ccco2)n1. The maximum atomic E-state index is 5.78. The van der Waals surface area contributed by atoms with E-state index in [0.29, 0.717) is 12.6 Å². The van der Waals surface area contributed by atoms with Crippen molar-refractivity contribution in [3.63, 3.8) is 0 Å². The molecule has 1 aliphatic heterocycles. The molecule has 0 saturated carbocycles. The molecule has 2 aromatic heterocycles. The van der Waals surface area contributed by atoms with E-state index in [2.05, 4.69) is 14.9 Å². The molecule has 1 atom stereocenters. The van der Waals surface area contributed by atoms with Gasteiger partial charge in [-0.25, -0.2) is 9.97 Å². The van der Waals surface area contributed by atoms with Crippen LogP contribution < -0.4 is 10.6 Å². The highest BCUT2D eigenvalue weighted by Gasteiger charge is 2.25. The molecule has 3 heterocycles. The highest BCUT2D eigenvalue weighted by Crippen LogP contribution is 2.24. The predicted molar refractivity (Wildman–Crippen MR) is 69.2 cm³/mol. The maximum Gasteiger partial charge on any atom is 0.226 e. The van der Waals surface area contributed by atoms with E-state index in [4.69, 9.17) is 10.2 Å². The summed E-state index contributed by atoms with van der Waals surface area (Å²) in [6.45, 7) is 1.62. The summed E-state index contributed by atoms with van der Waals surface area (Å²) in [5, 5.41) is 0. The number of hydrogen-bond acceptors (Lipinski definition) is 5. The van der Waals surface area contributed by atoms with Gasteiger partial charge in [-0.1, -0.05) is 0 Å². The van der Waals surface area contributed by atoms with Crippen LogP contribution in [0.2, 0.25) is 0 Å². The second-order valence-corrected chi connectivity index (χ2v) is 4.44. The van der Waals surface area contributed by atoms with Crippen molar-refractivity contribution in [2.24, 2.45) is 5.73 Å². The molecular formula is C13H16N4O. The lowest BCUT2D eigenvalue weighted by atomic mass is 10.2. The van der Waals surface area contributed by atoms with Crippen LogP contribution in [0.1, 0.15) is 12.8 Å². The number of rotatable bonds is 3. The first-order valence-electron chi connectivity index (χ1n) is 6.22. The first-order valence-corrected chi connectivity index (χ1v) is 6.22. The van der Waals surface area contributed by atoms with Gasteiger partial charge in [-0.05, 0) is 31.0 Å². The van der Waals surface area contributed by atoms with Gasteiger partial charge in [0, 0.05) is 25.3 Å². The Bertz CT molecular complexity index is 511. The molecule has 1 unspecified atom stereocenters. The summed E-state index contributed by atoms with van der Waals surface area (Å²) >= 11 is 0. The van der Waals surface area contributed by atoms with Crippen LogP contribution in [0.3, 0.4) is 0 Å². The van der Waals surface area contributed by atoms with Crippen LogP contribution in [0.4, 0.5) is 5.95 Å². The van der Waals surface area contributed by atoms with Gasteiger partial charge in [0.15, 0.2) is 5.76 Å². The predicted octanol–water partition coefficient (Wildman–Crippen LogP) is 1.66. The van der Waals surface area contributed by atoms with Crippen molar-refractivity contribution in [2.75, 3.05) is 18.0 Å². The van der Waals surface area contributed by atoms with Gasteiger partial charge >= 0.3 is 0 Å². The second kappa shape index (κ2) is 4.78. The highest BCUT2D eigenvalue weighted by molar-refractivity contribution is 5.53. The van der Waals surface area contributed by atoms with Crippen molar-refractivity contribution in [3.05, 3.63) is 30.7 Å². The minimum atomic E-state index is 0.358. The quantitative estimate of drug-likeness (QED) is 0.889. The molecule has 0 aliphatic carbocycles. The van der Waals surface area contributed by atoms with Crippen LogP contribution in [0, 0.1) is 0 Å². The Kier molecular flexibility index (Phi) is 2.98. The minimum absolute atomic E-state index is 0.358. The smallest absolute Gasteiger partial charge is 0.226 e. The second-order valence-electron chi connectivity index (χ2n) is 4.44. The Morgan fingerprint density at radius 3 is 3.17 bits per heavy atom. The fourth-order valence-electron chi connectivity index (χ4n) is 2.39. The van der Waals surface area contributed by atoms with Crippen LogP contribution in [0.25, 0.3) is 11.5 Å². The molecule has 0 aromatic carbocycles. The van der Waals surface area contributed by atoms with Crippen molar-refractivity contribution < 1.29 is 4.42 Å². The largest absolute Gasteiger partial charge is 0.463 e. The lowest BCUT2D eigenvalue weighted by Gasteiger charge is -2.23. The Morgan fingerprint density at radius 1 is 1.44 bits per heavy atom. The Hall–Kier alpha value is -1.88. The van der Waals surface area contributed by atoms with E-state index in [1.54, 1.807) is 12.5 Å². The summed E-state index contributed by atoms with van der Waals surface area (Å²) in [4.78, 5) is 11.1. The number of aromatic nitrogens is 2. The first kappa shape index (κ1) is 11.2. The summed E-state index contributed by atoms with van der Waals surface area (Å²) in [5.74, 6) is 1.51. The molecule has 1 saturated heterocycles. The van der Waals surface area contributed by atoms with Gasteiger partial charge in [0.2, 0.25) is 5.95 Å². The third-order valence-electron chi connectivity index (χ3n) is 3.32. The van der Waals surface area contributed by atoms with Crippen LogP contribution in [-0.2, 0) is 0 Å². The molecule has 5 heteroatoms. The number of furan rings is 1. The molecular weight excluding hydrogens is 228 g/mol. The van der Waals surface area contributed by atoms with Gasteiger partial charge in [-0.15, -0.1) is 0 Å². The number of anilines is 1. The molecule has 0 bridgehead atoms. The van der Waals surface area contributed by atoms with Crippen LogP contribution >= 0.6 is 0 Å². The van der Waals surface area contributed by atoms with Gasteiger partial charge in [-0.3, -0.25) is 0 Å². The van der Waals surface area contributed by atoms with Crippen molar-refractivity contribution in [2.45, 2.75) is 18.9 Å². The van der Waals surface area contributed by atoms with E-state index in [1.165, 1.54) is 0 Å². The fraction of sp³-hybridized carbons (Fsp3) is 0.385. The molecule has 3 rings (SSSR count). The van der Waals surface area contributed by atoms with Crippen LogP contribution in [-0.4, -0.2) is 29.1 Å². The minimum Gasteiger partial charge on any atom is -0.463 e.